The molecule has 1 heterocycles. The van der Waals surface area contributed by atoms with Crippen LogP contribution in [-0.2, 0) is 21.3 Å². The van der Waals surface area contributed by atoms with Gasteiger partial charge in [0.2, 0.25) is 5.91 Å². The number of ether oxygens (including phenoxy) is 1. The van der Waals surface area contributed by atoms with Crippen LogP contribution in [-0.4, -0.2) is 57.9 Å². The predicted molar refractivity (Wildman–Crippen MR) is 125 cm³/mol. The molecule has 1 aliphatic rings. The highest BCUT2D eigenvalue weighted by atomic mass is 32.2. The third-order valence-electron chi connectivity index (χ3n) is 5.47. The minimum absolute atomic E-state index is 0.0686. The summed E-state index contributed by atoms with van der Waals surface area (Å²) < 4.78 is 18.8. The second-order valence-corrected chi connectivity index (χ2v) is 9.11. The summed E-state index contributed by atoms with van der Waals surface area (Å²) in [5.41, 5.74) is 6.06. The van der Waals surface area contributed by atoms with E-state index in [4.69, 9.17) is 10.5 Å². The Morgan fingerprint density at radius 2 is 1.53 bits per heavy atom. The molecule has 1 saturated heterocycles. The summed E-state index contributed by atoms with van der Waals surface area (Å²) in [6, 6.07) is 20.9. The summed E-state index contributed by atoms with van der Waals surface area (Å²) in [4.78, 5) is 26.9. The molecular formula is C24H25N3O4S. The summed E-state index contributed by atoms with van der Waals surface area (Å²) in [6.07, 6.45) is 0. The molecule has 4 rings (SSSR count). The predicted octanol–water partition coefficient (Wildman–Crippen LogP) is 3.10. The maximum absolute atomic E-state index is 12.7. The van der Waals surface area contributed by atoms with Crippen molar-refractivity contribution in [3.63, 3.8) is 0 Å². The van der Waals surface area contributed by atoms with E-state index in [0.717, 1.165) is 16.3 Å². The second-order valence-electron chi connectivity index (χ2n) is 7.65. The Kier molecular flexibility index (Phi) is 6.70. The fourth-order valence-electron chi connectivity index (χ4n) is 3.71. The number of rotatable bonds is 6. The third-order valence-corrected chi connectivity index (χ3v) is 6.67. The zero-order valence-electron chi connectivity index (χ0n) is 17.6. The Bertz CT molecular complexity index is 1160. The van der Waals surface area contributed by atoms with Crippen molar-refractivity contribution in [2.24, 2.45) is 5.73 Å². The van der Waals surface area contributed by atoms with Crippen LogP contribution in [0.1, 0.15) is 5.56 Å². The van der Waals surface area contributed by atoms with Crippen molar-refractivity contribution in [1.29, 1.82) is 0 Å². The van der Waals surface area contributed by atoms with Crippen molar-refractivity contribution in [1.82, 2.24) is 9.80 Å². The summed E-state index contributed by atoms with van der Waals surface area (Å²) >= 11 is 0. The number of nitrogens with zero attached hydrogens (tertiary/aromatic N) is 2. The quantitative estimate of drug-likeness (QED) is 0.623. The Balaban J connectivity index is 1.38. The number of urea groups is 1. The van der Waals surface area contributed by atoms with Crippen LogP contribution in [0.5, 0.6) is 11.5 Å². The van der Waals surface area contributed by atoms with Crippen LogP contribution in [0.4, 0.5) is 4.79 Å². The molecule has 32 heavy (non-hydrogen) atoms. The van der Waals surface area contributed by atoms with Gasteiger partial charge in [-0.25, -0.2) is 4.79 Å². The fraction of sp³-hybridized carbons (Fsp3) is 0.250. The van der Waals surface area contributed by atoms with Crippen molar-refractivity contribution in [2.75, 3.05) is 31.9 Å². The van der Waals surface area contributed by atoms with E-state index in [2.05, 4.69) is 0 Å². The van der Waals surface area contributed by atoms with Gasteiger partial charge >= 0.3 is 6.03 Å². The number of nitrogens with two attached hydrogens (primary N) is 1. The number of primary amides is 1. The van der Waals surface area contributed by atoms with Gasteiger partial charge < -0.3 is 20.3 Å². The van der Waals surface area contributed by atoms with Crippen molar-refractivity contribution < 1.29 is 18.5 Å². The van der Waals surface area contributed by atoms with Crippen molar-refractivity contribution in [3.8, 4) is 11.5 Å². The van der Waals surface area contributed by atoms with Gasteiger partial charge in [-0.1, -0.05) is 48.5 Å². The molecule has 1 aliphatic heterocycles. The topological polar surface area (TPSA) is 92.9 Å². The van der Waals surface area contributed by atoms with Gasteiger partial charge in [0.25, 0.3) is 0 Å². The largest absolute Gasteiger partial charge is 0.457 e. The smallest absolute Gasteiger partial charge is 0.314 e. The lowest BCUT2D eigenvalue weighted by atomic mass is 10.1. The molecule has 3 aromatic carbocycles. The number of hydrogen-bond donors (Lipinski definition) is 1. The van der Waals surface area contributed by atoms with Crippen LogP contribution in [0.15, 0.2) is 66.7 Å². The van der Waals surface area contributed by atoms with E-state index < -0.39 is 16.8 Å². The molecule has 3 aromatic rings. The molecule has 0 spiro atoms. The molecule has 1 fully saturated rings. The van der Waals surface area contributed by atoms with Crippen molar-refractivity contribution in [3.05, 3.63) is 72.3 Å². The average Bonchev–Trinajstić information content (AvgIpc) is 2.80. The Morgan fingerprint density at radius 1 is 0.875 bits per heavy atom. The van der Waals surface area contributed by atoms with Gasteiger partial charge in [0.15, 0.2) is 0 Å². The van der Waals surface area contributed by atoms with E-state index in [9.17, 15) is 13.8 Å². The first kappa shape index (κ1) is 21.8. The number of para-hydroxylation sites is 1. The minimum atomic E-state index is -1.39. The maximum Gasteiger partial charge on any atom is 0.314 e. The molecule has 0 radical (unpaired) electrons. The molecular weight excluding hydrogens is 426 g/mol. The van der Waals surface area contributed by atoms with Gasteiger partial charge in [-0.2, -0.15) is 0 Å². The first-order chi connectivity index (χ1) is 15.5. The van der Waals surface area contributed by atoms with Gasteiger partial charge in [0, 0.05) is 42.5 Å². The molecule has 1 unspecified atom stereocenters. The molecule has 166 valence electrons. The van der Waals surface area contributed by atoms with Crippen LogP contribution < -0.4 is 10.5 Å². The normalized spacial score (nSPS) is 14.9. The van der Waals surface area contributed by atoms with Crippen LogP contribution in [0.25, 0.3) is 10.8 Å². The van der Waals surface area contributed by atoms with Crippen molar-refractivity contribution in [2.45, 2.75) is 5.75 Å². The summed E-state index contributed by atoms with van der Waals surface area (Å²) in [5.74, 6) is 1.29. The number of amides is 3. The standard InChI is InChI=1S/C24H25N3O4S/c25-24(29)27-13-11-26(12-14-27)23(28)17-32(30)16-20-7-3-4-8-22(20)31-21-10-9-18-5-1-2-6-19(18)15-21/h1-10,15H,11-14,16-17H2,(H2,25,29). The highest BCUT2D eigenvalue weighted by Gasteiger charge is 2.24. The number of carbonyl (C=O) groups is 2. The average molecular weight is 452 g/mol. The molecule has 0 aromatic heterocycles. The monoisotopic (exact) mass is 451 g/mol. The number of benzene rings is 3. The SMILES string of the molecule is NC(=O)N1CCN(C(=O)CS(=O)Cc2ccccc2Oc2ccc3ccccc3c2)CC1. The number of hydrogen-bond acceptors (Lipinski definition) is 4. The lowest BCUT2D eigenvalue weighted by Gasteiger charge is -2.33. The van der Waals surface area contributed by atoms with Crippen LogP contribution in [0.2, 0.25) is 0 Å². The molecule has 1 atom stereocenters. The molecule has 0 aliphatic carbocycles. The van der Waals surface area contributed by atoms with Crippen LogP contribution >= 0.6 is 0 Å². The second kappa shape index (κ2) is 9.82. The van der Waals surface area contributed by atoms with Gasteiger partial charge in [-0.05, 0) is 29.0 Å². The fourth-order valence-corrected chi connectivity index (χ4v) is 4.86. The lowest BCUT2D eigenvalue weighted by molar-refractivity contribution is -0.129. The van der Waals surface area contributed by atoms with Crippen LogP contribution in [0, 0.1) is 0 Å². The zero-order chi connectivity index (χ0) is 22.5. The van der Waals surface area contributed by atoms with E-state index in [-0.39, 0.29) is 17.4 Å². The van der Waals surface area contributed by atoms with E-state index >= 15 is 0 Å². The summed E-state index contributed by atoms with van der Waals surface area (Å²) in [7, 11) is -1.39. The first-order valence-electron chi connectivity index (χ1n) is 10.4. The Hall–Kier alpha value is -3.39. The molecule has 2 N–H and O–H groups in total. The maximum atomic E-state index is 12.7. The molecule has 3 amide bonds. The number of piperazine rings is 1. The van der Waals surface area contributed by atoms with Gasteiger partial charge in [0.1, 0.15) is 17.3 Å². The minimum Gasteiger partial charge on any atom is -0.457 e. The highest BCUT2D eigenvalue weighted by molar-refractivity contribution is 7.84. The molecule has 7 nitrogen and oxygen atoms in total. The highest BCUT2D eigenvalue weighted by Crippen LogP contribution is 2.29. The zero-order valence-corrected chi connectivity index (χ0v) is 18.4. The first-order valence-corrected chi connectivity index (χ1v) is 11.9. The Labute approximate surface area is 189 Å². The number of carbonyl (C=O) groups excluding carboxylic acids is 2. The van der Waals surface area contributed by atoms with E-state index in [1.165, 1.54) is 4.90 Å². The van der Waals surface area contributed by atoms with Gasteiger partial charge in [-0.3, -0.25) is 9.00 Å². The summed E-state index contributed by atoms with van der Waals surface area (Å²) in [5, 5.41) is 2.21. The van der Waals surface area contributed by atoms with Crippen molar-refractivity contribution >= 4 is 33.5 Å². The lowest BCUT2D eigenvalue weighted by Crippen LogP contribution is -2.52. The van der Waals surface area contributed by atoms with E-state index in [1.807, 2.05) is 66.7 Å². The van der Waals surface area contributed by atoms with E-state index in [0.29, 0.717) is 37.7 Å². The third kappa shape index (κ3) is 5.26. The molecule has 0 saturated carbocycles. The summed E-state index contributed by atoms with van der Waals surface area (Å²) in [6.45, 7) is 1.60. The Morgan fingerprint density at radius 3 is 2.28 bits per heavy atom. The van der Waals surface area contributed by atoms with E-state index in [1.54, 1.807) is 4.90 Å². The molecule has 8 heteroatoms. The molecule has 0 bridgehead atoms. The van der Waals surface area contributed by atoms with Gasteiger partial charge in [-0.15, -0.1) is 0 Å². The van der Waals surface area contributed by atoms with Gasteiger partial charge in [0.05, 0.1) is 5.75 Å². The number of fused-ring (bicyclic) bond motifs is 1. The van der Waals surface area contributed by atoms with Crippen LogP contribution in [0.3, 0.4) is 0 Å².